The summed E-state index contributed by atoms with van der Waals surface area (Å²) in [7, 11) is 0. The Morgan fingerprint density at radius 1 is 1.19 bits per heavy atom. The van der Waals surface area contributed by atoms with Crippen LogP contribution in [-0.2, 0) is 6.54 Å². The van der Waals surface area contributed by atoms with Gasteiger partial charge in [0.15, 0.2) is 6.19 Å². The van der Waals surface area contributed by atoms with Crippen molar-refractivity contribution in [3.63, 3.8) is 0 Å². The molecule has 2 aromatic rings. The van der Waals surface area contributed by atoms with Gasteiger partial charge in [0, 0.05) is 30.9 Å². The maximum Gasteiger partial charge on any atom is 0.254 e. The van der Waals surface area contributed by atoms with Gasteiger partial charge in [-0.1, -0.05) is 12.1 Å². The monoisotopic (exact) mass is 343 g/mol. The molecule has 128 valence electrons. The van der Waals surface area contributed by atoms with Gasteiger partial charge in [-0.05, 0) is 48.2 Å². The van der Waals surface area contributed by atoms with Crippen LogP contribution in [0.4, 0.5) is 0 Å². The Bertz CT molecular complexity index is 971. The third-order valence-electron chi connectivity index (χ3n) is 5.27. The zero-order valence-corrected chi connectivity index (χ0v) is 14.4. The summed E-state index contributed by atoms with van der Waals surface area (Å²) in [6, 6.07) is 11.7. The van der Waals surface area contributed by atoms with Crippen molar-refractivity contribution in [2.24, 2.45) is 0 Å². The molecule has 6 nitrogen and oxygen atoms in total. The average molecular weight is 343 g/mol. The summed E-state index contributed by atoms with van der Waals surface area (Å²) in [4.78, 5) is 20.6. The highest BCUT2D eigenvalue weighted by atomic mass is 16.2. The van der Waals surface area contributed by atoms with E-state index in [9.17, 15) is 10.1 Å². The van der Waals surface area contributed by atoms with Gasteiger partial charge in [0.1, 0.15) is 11.8 Å². The average Bonchev–Trinajstić information content (AvgIpc) is 3.21. The van der Waals surface area contributed by atoms with Crippen molar-refractivity contribution in [2.75, 3.05) is 6.54 Å². The van der Waals surface area contributed by atoms with Gasteiger partial charge < -0.3 is 9.80 Å². The summed E-state index contributed by atoms with van der Waals surface area (Å²) < 4.78 is 0. The van der Waals surface area contributed by atoms with E-state index in [0.717, 1.165) is 23.1 Å². The number of fused-ring (bicyclic) bond motifs is 1. The number of amides is 1. The number of carbonyl (C=O) groups excluding carboxylic acids is 1. The van der Waals surface area contributed by atoms with Crippen molar-refractivity contribution < 1.29 is 4.79 Å². The fourth-order valence-corrected chi connectivity index (χ4v) is 3.84. The van der Waals surface area contributed by atoms with Crippen molar-refractivity contribution in [1.29, 1.82) is 10.5 Å². The number of hydrogen-bond acceptors (Lipinski definition) is 5. The van der Waals surface area contributed by atoms with Gasteiger partial charge in [-0.25, -0.2) is 4.98 Å². The van der Waals surface area contributed by atoms with E-state index in [-0.39, 0.29) is 18.0 Å². The predicted octanol–water partition coefficient (Wildman–Crippen LogP) is 2.52. The molecule has 2 aliphatic rings. The van der Waals surface area contributed by atoms with Crippen LogP contribution >= 0.6 is 0 Å². The molecule has 4 rings (SSSR count). The van der Waals surface area contributed by atoms with Crippen molar-refractivity contribution >= 4 is 5.91 Å². The van der Waals surface area contributed by atoms with Crippen LogP contribution in [0.5, 0.6) is 0 Å². The molecule has 1 fully saturated rings. The van der Waals surface area contributed by atoms with Crippen molar-refractivity contribution in [3.05, 3.63) is 53.3 Å². The SMILES string of the molecule is C[C@@H]1C[C@@H](N2Cc3ccc(-c4ccnc(C#N)c4)cc3C2=O)CN1C#N. The van der Waals surface area contributed by atoms with Gasteiger partial charge in [0.25, 0.3) is 5.91 Å². The summed E-state index contributed by atoms with van der Waals surface area (Å²) in [5, 5.41) is 18.2. The molecule has 2 atom stereocenters. The summed E-state index contributed by atoms with van der Waals surface area (Å²) in [5.41, 5.74) is 3.84. The van der Waals surface area contributed by atoms with Crippen molar-refractivity contribution in [3.8, 4) is 23.4 Å². The van der Waals surface area contributed by atoms with E-state index in [1.165, 1.54) is 0 Å². The summed E-state index contributed by atoms with van der Waals surface area (Å²) in [5.74, 6) is 0.0217. The Morgan fingerprint density at radius 3 is 2.73 bits per heavy atom. The maximum absolute atomic E-state index is 13.0. The number of rotatable bonds is 2. The zero-order valence-electron chi connectivity index (χ0n) is 14.4. The van der Waals surface area contributed by atoms with E-state index >= 15 is 0 Å². The van der Waals surface area contributed by atoms with Gasteiger partial charge in [-0.3, -0.25) is 4.79 Å². The van der Waals surface area contributed by atoms with Gasteiger partial charge in [-0.2, -0.15) is 10.5 Å². The lowest BCUT2D eigenvalue weighted by molar-refractivity contribution is 0.0711. The second-order valence-electron chi connectivity index (χ2n) is 6.84. The lowest BCUT2D eigenvalue weighted by atomic mass is 10.0. The quantitative estimate of drug-likeness (QED) is 0.782. The number of carbonyl (C=O) groups is 1. The Morgan fingerprint density at radius 2 is 2.00 bits per heavy atom. The molecule has 1 aromatic heterocycles. The standard InChI is InChI=1S/C20H17N5O/c1-13-6-18(11-24(13)12-22)25-10-16-3-2-14(8-19(16)20(25)26)15-4-5-23-17(7-15)9-21/h2-5,7-8,13,18H,6,10-11H2,1H3/t13-,18-/m1/s1. The van der Waals surface area contributed by atoms with Gasteiger partial charge in [0.05, 0.1) is 6.04 Å². The highest BCUT2D eigenvalue weighted by Gasteiger charge is 2.38. The Kier molecular flexibility index (Phi) is 3.82. The number of pyridine rings is 1. The molecule has 1 saturated heterocycles. The minimum Gasteiger partial charge on any atom is -0.329 e. The number of nitriles is 2. The molecule has 6 heteroatoms. The summed E-state index contributed by atoms with van der Waals surface area (Å²) in [6.07, 6.45) is 4.63. The second-order valence-corrected chi connectivity index (χ2v) is 6.84. The lowest BCUT2D eigenvalue weighted by Crippen LogP contribution is -2.37. The summed E-state index contributed by atoms with van der Waals surface area (Å²) in [6.45, 7) is 3.20. The number of nitrogens with zero attached hydrogens (tertiary/aromatic N) is 5. The molecule has 2 aliphatic heterocycles. The maximum atomic E-state index is 13.0. The molecule has 0 saturated carbocycles. The molecule has 3 heterocycles. The second kappa shape index (κ2) is 6.16. The van der Waals surface area contributed by atoms with Crippen molar-refractivity contribution in [1.82, 2.24) is 14.8 Å². The topological polar surface area (TPSA) is 84.0 Å². The lowest BCUT2D eigenvalue weighted by Gasteiger charge is -2.23. The molecule has 1 amide bonds. The van der Waals surface area contributed by atoms with Crippen molar-refractivity contribution in [2.45, 2.75) is 32.0 Å². The molecule has 0 bridgehead atoms. The van der Waals surface area contributed by atoms with Gasteiger partial charge >= 0.3 is 0 Å². The van der Waals surface area contributed by atoms with Crippen LogP contribution < -0.4 is 0 Å². The first-order valence-electron chi connectivity index (χ1n) is 8.57. The molecule has 0 N–H and O–H groups in total. The van der Waals surface area contributed by atoms with E-state index in [1.54, 1.807) is 17.2 Å². The molecule has 0 unspecified atom stereocenters. The third kappa shape index (κ3) is 2.57. The van der Waals surface area contributed by atoms with E-state index in [4.69, 9.17) is 5.26 Å². The number of aromatic nitrogens is 1. The number of likely N-dealkylation sites (tertiary alicyclic amines) is 1. The van der Waals surface area contributed by atoms with Crippen LogP contribution in [0.1, 0.15) is 35.0 Å². The predicted molar refractivity (Wildman–Crippen MR) is 94.4 cm³/mol. The van der Waals surface area contributed by atoms with Gasteiger partial charge in [0.2, 0.25) is 0 Å². The minimum absolute atomic E-state index is 0.0217. The van der Waals surface area contributed by atoms with Crippen LogP contribution in [0.2, 0.25) is 0 Å². The molecular formula is C20H17N5O. The molecule has 0 spiro atoms. The zero-order chi connectivity index (χ0) is 18.3. The van der Waals surface area contributed by atoms with Crippen LogP contribution in [0.25, 0.3) is 11.1 Å². The highest BCUT2D eigenvalue weighted by Crippen LogP contribution is 2.32. The third-order valence-corrected chi connectivity index (χ3v) is 5.27. The van der Waals surface area contributed by atoms with Crippen LogP contribution in [0.15, 0.2) is 36.5 Å². The minimum atomic E-state index is 0.0217. The molecule has 26 heavy (non-hydrogen) atoms. The smallest absolute Gasteiger partial charge is 0.254 e. The fraction of sp³-hybridized carbons (Fsp3) is 0.300. The van der Waals surface area contributed by atoms with Crippen LogP contribution in [-0.4, -0.2) is 39.3 Å². The molecule has 0 aliphatic carbocycles. The Balaban J connectivity index is 1.62. The first-order chi connectivity index (χ1) is 12.6. The van der Waals surface area contributed by atoms with Crippen LogP contribution in [0, 0.1) is 22.8 Å². The number of hydrogen-bond donors (Lipinski definition) is 0. The van der Waals surface area contributed by atoms with E-state index in [1.807, 2.05) is 42.2 Å². The van der Waals surface area contributed by atoms with E-state index in [2.05, 4.69) is 11.2 Å². The molecule has 1 aromatic carbocycles. The fourth-order valence-electron chi connectivity index (χ4n) is 3.84. The molecular weight excluding hydrogens is 326 g/mol. The highest BCUT2D eigenvalue weighted by molar-refractivity contribution is 5.99. The molecule has 0 radical (unpaired) electrons. The first kappa shape index (κ1) is 16.1. The summed E-state index contributed by atoms with van der Waals surface area (Å²) >= 11 is 0. The van der Waals surface area contributed by atoms with E-state index in [0.29, 0.717) is 24.3 Å². The van der Waals surface area contributed by atoms with Crippen LogP contribution in [0.3, 0.4) is 0 Å². The Hall–Kier alpha value is -3.38. The first-order valence-corrected chi connectivity index (χ1v) is 8.57. The van der Waals surface area contributed by atoms with E-state index < -0.39 is 0 Å². The number of benzene rings is 1. The normalized spacial score (nSPS) is 21.4. The Labute approximate surface area is 151 Å². The largest absolute Gasteiger partial charge is 0.329 e. The van der Waals surface area contributed by atoms with Gasteiger partial charge in [-0.15, -0.1) is 0 Å².